The second kappa shape index (κ2) is 7.29. The minimum atomic E-state index is -0.00172. The number of hydrogen-bond acceptors (Lipinski definition) is 4. The van der Waals surface area contributed by atoms with Crippen molar-refractivity contribution < 1.29 is 9.53 Å². The second-order valence-electron chi connectivity index (χ2n) is 4.94. The summed E-state index contributed by atoms with van der Waals surface area (Å²) in [5.41, 5.74) is 2.19. The molecular weight excluding hydrogens is 304 g/mol. The number of hydrogen-bond donors (Lipinski definition) is 2. The lowest BCUT2D eigenvalue weighted by atomic mass is 10.1. The van der Waals surface area contributed by atoms with E-state index in [1.807, 2.05) is 29.2 Å². The zero-order chi connectivity index (χ0) is 14.7. The molecule has 1 aromatic heterocycles. The number of benzene rings is 1. The lowest BCUT2D eigenvalue weighted by molar-refractivity contribution is 0.0730. The molecule has 6 nitrogen and oxygen atoms in total. The molecule has 0 aliphatic carbocycles. The van der Waals surface area contributed by atoms with Gasteiger partial charge in [0, 0.05) is 31.7 Å². The summed E-state index contributed by atoms with van der Waals surface area (Å²) in [6, 6.07) is 9.41. The van der Waals surface area contributed by atoms with Crippen molar-refractivity contribution >= 4 is 18.3 Å². The van der Waals surface area contributed by atoms with Crippen molar-refractivity contribution in [1.29, 1.82) is 0 Å². The van der Waals surface area contributed by atoms with E-state index in [0.717, 1.165) is 43.2 Å². The Morgan fingerprint density at radius 3 is 2.77 bits per heavy atom. The number of aromatic nitrogens is 2. The van der Waals surface area contributed by atoms with Crippen LogP contribution in [0.15, 0.2) is 30.3 Å². The summed E-state index contributed by atoms with van der Waals surface area (Å²) in [6.07, 6.45) is 0. The molecule has 2 N–H and O–H groups in total. The fourth-order valence-corrected chi connectivity index (χ4v) is 2.40. The van der Waals surface area contributed by atoms with Gasteiger partial charge in [-0.25, -0.2) is 0 Å². The number of carbonyl (C=O) groups excluding carboxylic acids is 1. The summed E-state index contributed by atoms with van der Waals surface area (Å²) in [4.78, 5) is 14.2. The molecule has 0 bridgehead atoms. The molecular formula is C15H19ClN4O2. The number of ether oxygens (including phenoxy) is 1. The fraction of sp³-hybridized carbons (Fsp3) is 0.333. The molecule has 1 aliphatic heterocycles. The number of aromatic amines is 1. The molecule has 1 amide bonds. The first-order valence-electron chi connectivity index (χ1n) is 6.98. The highest BCUT2D eigenvalue weighted by molar-refractivity contribution is 5.93. The Labute approximate surface area is 135 Å². The molecule has 3 rings (SSSR count). The number of nitrogens with zero attached hydrogens (tertiary/aromatic N) is 2. The lowest BCUT2D eigenvalue weighted by Crippen LogP contribution is -2.46. The predicted octanol–water partition coefficient (Wildman–Crippen LogP) is 1.55. The number of nitrogens with one attached hydrogen (secondary N) is 2. The van der Waals surface area contributed by atoms with Gasteiger partial charge in [-0.3, -0.25) is 9.89 Å². The van der Waals surface area contributed by atoms with Gasteiger partial charge in [0.05, 0.1) is 12.8 Å². The van der Waals surface area contributed by atoms with Gasteiger partial charge in [-0.05, 0) is 18.2 Å². The van der Waals surface area contributed by atoms with E-state index >= 15 is 0 Å². The quantitative estimate of drug-likeness (QED) is 0.899. The normalized spacial score (nSPS) is 14.3. The molecule has 0 atom stereocenters. The molecule has 1 aromatic carbocycles. The first kappa shape index (κ1) is 16.3. The van der Waals surface area contributed by atoms with Crippen LogP contribution in [0.3, 0.4) is 0 Å². The van der Waals surface area contributed by atoms with Gasteiger partial charge in [-0.2, -0.15) is 5.10 Å². The maximum absolute atomic E-state index is 12.4. The minimum absolute atomic E-state index is 0. The van der Waals surface area contributed by atoms with Gasteiger partial charge >= 0.3 is 0 Å². The van der Waals surface area contributed by atoms with Crippen LogP contribution in [0.1, 0.15) is 10.5 Å². The molecule has 0 radical (unpaired) electrons. The van der Waals surface area contributed by atoms with Crippen LogP contribution in [0.5, 0.6) is 5.75 Å². The van der Waals surface area contributed by atoms with E-state index < -0.39 is 0 Å². The Kier molecular flexibility index (Phi) is 5.41. The van der Waals surface area contributed by atoms with Crippen LogP contribution in [0, 0.1) is 0 Å². The summed E-state index contributed by atoms with van der Waals surface area (Å²) in [5.74, 6) is 0.767. The van der Waals surface area contributed by atoms with Crippen molar-refractivity contribution in [1.82, 2.24) is 20.4 Å². The van der Waals surface area contributed by atoms with Gasteiger partial charge in [0.25, 0.3) is 5.91 Å². The van der Waals surface area contributed by atoms with Crippen LogP contribution in [0.2, 0.25) is 0 Å². The lowest BCUT2D eigenvalue weighted by Gasteiger charge is -2.26. The van der Waals surface area contributed by atoms with Crippen molar-refractivity contribution in [3.8, 4) is 17.0 Å². The third kappa shape index (κ3) is 3.40. The first-order valence-corrected chi connectivity index (χ1v) is 6.98. The highest BCUT2D eigenvalue weighted by atomic mass is 35.5. The molecule has 1 aliphatic rings. The first-order chi connectivity index (χ1) is 10.3. The van der Waals surface area contributed by atoms with E-state index in [0.29, 0.717) is 5.69 Å². The Bertz CT molecular complexity index is 638. The zero-order valence-corrected chi connectivity index (χ0v) is 13.2. The SMILES string of the molecule is COc1cccc(-c2cc(C(=O)N3CCNCC3)[nH]n2)c1.Cl. The fourth-order valence-electron chi connectivity index (χ4n) is 2.40. The number of amides is 1. The summed E-state index contributed by atoms with van der Waals surface area (Å²) in [5, 5.41) is 10.3. The molecule has 7 heteroatoms. The van der Waals surface area contributed by atoms with Crippen LogP contribution in [0.25, 0.3) is 11.3 Å². The van der Waals surface area contributed by atoms with Crippen LogP contribution in [-0.2, 0) is 0 Å². The number of methoxy groups -OCH3 is 1. The number of halogens is 1. The van der Waals surface area contributed by atoms with Crippen LogP contribution in [0.4, 0.5) is 0 Å². The van der Waals surface area contributed by atoms with E-state index in [9.17, 15) is 4.79 Å². The maximum Gasteiger partial charge on any atom is 0.271 e. The van der Waals surface area contributed by atoms with Gasteiger partial charge in [-0.15, -0.1) is 12.4 Å². The van der Waals surface area contributed by atoms with Crippen LogP contribution in [-0.4, -0.2) is 54.3 Å². The van der Waals surface area contributed by atoms with Crippen molar-refractivity contribution in [3.05, 3.63) is 36.0 Å². The topological polar surface area (TPSA) is 70.2 Å². The third-order valence-corrected chi connectivity index (χ3v) is 3.58. The van der Waals surface area contributed by atoms with E-state index in [2.05, 4.69) is 15.5 Å². The molecule has 0 saturated carbocycles. The number of H-pyrrole nitrogens is 1. The monoisotopic (exact) mass is 322 g/mol. The summed E-state index contributed by atoms with van der Waals surface area (Å²) in [7, 11) is 1.63. The maximum atomic E-state index is 12.4. The highest BCUT2D eigenvalue weighted by Crippen LogP contribution is 2.22. The molecule has 2 heterocycles. The van der Waals surface area contributed by atoms with Gasteiger partial charge < -0.3 is 15.0 Å². The number of rotatable bonds is 3. The predicted molar refractivity (Wildman–Crippen MR) is 86.6 cm³/mol. The summed E-state index contributed by atoms with van der Waals surface area (Å²) >= 11 is 0. The second-order valence-corrected chi connectivity index (χ2v) is 4.94. The number of piperazine rings is 1. The van der Waals surface area contributed by atoms with Crippen LogP contribution < -0.4 is 10.1 Å². The Morgan fingerprint density at radius 2 is 2.05 bits per heavy atom. The van der Waals surface area contributed by atoms with Crippen molar-refractivity contribution in [2.75, 3.05) is 33.3 Å². The third-order valence-electron chi connectivity index (χ3n) is 3.58. The average molecular weight is 323 g/mol. The largest absolute Gasteiger partial charge is 0.497 e. The summed E-state index contributed by atoms with van der Waals surface area (Å²) in [6.45, 7) is 3.13. The molecule has 118 valence electrons. The standard InChI is InChI=1S/C15H18N4O2.ClH/c1-21-12-4-2-3-11(9-12)13-10-14(18-17-13)15(20)19-7-5-16-6-8-19;/h2-4,9-10,16H,5-8H2,1H3,(H,17,18);1H. The van der Waals surface area contributed by atoms with E-state index in [1.54, 1.807) is 13.2 Å². The van der Waals surface area contributed by atoms with E-state index in [1.165, 1.54) is 0 Å². The van der Waals surface area contributed by atoms with Crippen molar-refractivity contribution in [2.24, 2.45) is 0 Å². The average Bonchev–Trinajstić information content (AvgIpc) is 3.05. The minimum Gasteiger partial charge on any atom is -0.497 e. The van der Waals surface area contributed by atoms with Crippen molar-refractivity contribution in [3.63, 3.8) is 0 Å². The Hall–Kier alpha value is -2.05. The van der Waals surface area contributed by atoms with Gasteiger partial charge in [0.15, 0.2) is 0 Å². The molecule has 0 spiro atoms. The van der Waals surface area contributed by atoms with E-state index in [-0.39, 0.29) is 18.3 Å². The highest BCUT2D eigenvalue weighted by Gasteiger charge is 2.20. The zero-order valence-electron chi connectivity index (χ0n) is 12.3. The van der Waals surface area contributed by atoms with Gasteiger partial charge in [0.2, 0.25) is 0 Å². The smallest absolute Gasteiger partial charge is 0.271 e. The molecule has 0 unspecified atom stereocenters. The number of carbonyl (C=O) groups is 1. The molecule has 1 saturated heterocycles. The Balaban J connectivity index is 0.00000176. The van der Waals surface area contributed by atoms with Gasteiger partial charge in [-0.1, -0.05) is 12.1 Å². The Morgan fingerprint density at radius 1 is 1.27 bits per heavy atom. The van der Waals surface area contributed by atoms with E-state index in [4.69, 9.17) is 4.74 Å². The van der Waals surface area contributed by atoms with Crippen molar-refractivity contribution in [2.45, 2.75) is 0 Å². The van der Waals surface area contributed by atoms with Gasteiger partial charge in [0.1, 0.15) is 11.4 Å². The molecule has 22 heavy (non-hydrogen) atoms. The van der Waals surface area contributed by atoms with Crippen LogP contribution >= 0.6 is 12.4 Å². The summed E-state index contributed by atoms with van der Waals surface area (Å²) < 4.78 is 5.21. The molecule has 1 fully saturated rings. The molecule has 2 aromatic rings.